The maximum atomic E-state index is 5.39. The van der Waals surface area contributed by atoms with Gasteiger partial charge < -0.3 is 9.73 Å². The molecule has 3 heteroatoms. The lowest BCUT2D eigenvalue weighted by molar-refractivity contribution is 0.251. The van der Waals surface area contributed by atoms with Crippen LogP contribution in [0.15, 0.2) is 22.8 Å². The minimum absolute atomic E-state index is 0.576. The van der Waals surface area contributed by atoms with Gasteiger partial charge in [0.1, 0.15) is 5.76 Å². The predicted molar refractivity (Wildman–Crippen MR) is 58.5 cm³/mol. The van der Waals surface area contributed by atoms with E-state index in [2.05, 4.69) is 16.3 Å². The van der Waals surface area contributed by atoms with Crippen LogP contribution in [-0.2, 0) is 6.54 Å². The van der Waals surface area contributed by atoms with E-state index in [1.165, 1.54) is 39.0 Å². The molecule has 1 spiro atoms. The quantitative estimate of drug-likeness (QED) is 0.794. The van der Waals surface area contributed by atoms with Gasteiger partial charge in [-0.15, -0.1) is 0 Å². The number of hydrogen-bond acceptors (Lipinski definition) is 3. The van der Waals surface area contributed by atoms with Crippen molar-refractivity contribution in [1.82, 2.24) is 10.2 Å². The Morgan fingerprint density at radius 1 is 1.47 bits per heavy atom. The fourth-order valence-electron chi connectivity index (χ4n) is 2.93. The van der Waals surface area contributed by atoms with Crippen molar-refractivity contribution in [3.63, 3.8) is 0 Å². The Morgan fingerprint density at radius 3 is 3.20 bits per heavy atom. The minimum atomic E-state index is 0.576. The fraction of sp³-hybridized carbons (Fsp3) is 0.667. The lowest BCUT2D eigenvalue weighted by atomic mass is 9.87. The molecule has 15 heavy (non-hydrogen) atoms. The van der Waals surface area contributed by atoms with Gasteiger partial charge >= 0.3 is 0 Å². The zero-order chi connectivity index (χ0) is 10.1. The van der Waals surface area contributed by atoms with E-state index >= 15 is 0 Å². The molecule has 1 N–H and O–H groups in total. The second kappa shape index (κ2) is 3.65. The summed E-state index contributed by atoms with van der Waals surface area (Å²) in [6.45, 7) is 5.86. The van der Waals surface area contributed by atoms with Crippen LogP contribution in [0, 0.1) is 5.41 Å². The van der Waals surface area contributed by atoms with Gasteiger partial charge in [-0.05, 0) is 43.5 Å². The van der Waals surface area contributed by atoms with Crippen LogP contribution in [0.4, 0.5) is 0 Å². The Labute approximate surface area is 90.4 Å². The standard InChI is InChI=1S/C12H18N2O/c1-2-11(15-7-1)8-14-6-4-12(10-14)3-5-13-9-12/h1-2,7,13H,3-6,8-10H2. The molecule has 3 rings (SSSR count). The van der Waals surface area contributed by atoms with Gasteiger partial charge in [-0.1, -0.05) is 0 Å². The highest BCUT2D eigenvalue weighted by Gasteiger charge is 2.40. The van der Waals surface area contributed by atoms with Gasteiger partial charge in [0.15, 0.2) is 0 Å². The predicted octanol–water partition coefficient (Wildman–Crippen LogP) is 1.46. The average Bonchev–Trinajstić information content (AvgIpc) is 2.92. The van der Waals surface area contributed by atoms with Crippen LogP contribution >= 0.6 is 0 Å². The largest absolute Gasteiger partial charge is 0.468 e. The summed E-state index contributed by atoms with van der Waals surface area (Å²) in [5, 5.41) is 3.48. The van der Waals surface area contributed by atoms with Gasteiger partial charge in [0.25, 0.3) is 0 Å². The second-order valence-corrected chi connectivity index (χ2v) is 4.97. The van der Waals surface area contributed by atoms with E-state index in [1.807, 2.05) is 6.07 Å². The van der Waals surface area contributed by atoms with Gasteiger partial charge in [-0.3, -0.25) is 4.90 Å². The Morgan fingerprint density at radius 2 is 2.47 bits per heavy atom. The summed E-state index contributed by atoms with van der Waals surface area (Å²) < 4.78 is 5.39. The molecule has 2 aliphatic rings. The molecule has 0 amide bonds. The van der Waals surface area contributed by atoms with Crippen molar-refractivity contribution in [1.29, 1.82) is 0 Å². The van der Waals surface area contributed by atoms with Crippen LogP contribution in [-0.4, -0.2) is 31.1 Å². The summed E-state index contributed by atoms with van der Waals surface area (Å²) in [5.41, 5.74) is 0.576. The summed E-state index contributed by atoms with van der Waals surface area (Å²) in [6.07, 6.45) is 4.46. The molecular formula is C12H18N2O. The fourth-order valence-corrected chi connectivity index (χ4v) is 2.93. The van der Waals surface area contributed by atoms with E-state index in [9.17, 15) is 0 Å². The number of nitrogens with zero attached hydrogens (tertiary/aromatic N) is 1. The Kier molecular flexibility index (Phi) is 2.29. The van der Waals surface area contributed by atoms with Crippen LogP contribution in [0.25, 0.3) is 0 Å². The average molecular weight is 206 g/mol. The maximum absolute atomic E-state index is 5.39. The van der Waals surface area contributed by atoms with Gasteiger partial charge in [0, 0.05) is 13.1 Å². The van der Waals surface area contributed by atoms with Crippen LogP contribution in [0.2, 0.25) is 0 Å². The van der Waals surface area contributed by atoms with Crippen molar-refractivity contribution in [3.8, 4) is 0 Å². The Hall–Kier alpha value is -0.800. The highest BCUT2D eigenvalue weighted by atomic mass is 16.3. The molecule has 0 bridgehead atoms. The first-order valence-electron chi connectivity index (χ1n) is 5.82. The third kappa shape index (κ3) is 1.82. The van der Waals surface area contributed by atoms with E-state index in [-0.39, 0.29) is 0 Å². The molecule has 1 atom stereocenters. The normalized spacial score (nSPS) is 31.7. The van der Waals surface area contributed by atoms with Gasteiger partial charge in [0.2, 0.25) is 0 Å². The smallest absolute Gasteiger partial charge is 0.117 e. The molecule has 0 radical (unpaired) electrons. The highest BCUT2D eigenvalue weighted by Crippen LogP contribution is 2.36. The molecule has 2 saturated heterocycles. The van der Waals surface area contributed by atoms with Crippen LogP contribution in [0.1, 0.15) is 18.6 Å². The Bertz CT molecular complexity index is 314. The molecule has 2 fully saturated rings. The molecule has 1 aromatic rings. The topological polar surface area (TPSA) is 28.4 Å². The van der Waals surface area contributed by atoms with Crippen LogP contribution < -0.4 is 5.32 Å². The lowest BCUT2D eigenvalue weighted by Crippen LogP contribution is -2.28. The van der Waals surface area contributed by atoms with E-state index in [0.717, 1.165) is 12.3 Å². The molecule has 1 aromatic heterocycles. The van der Waals surface area contributed by atoms with Crippen molar-refractivity contribution in [3.05, 3.63) is 24.2 Å². The molecule has 3 nitrogen and oxygen atoms in total. The second-order valence-electron chi connectivity index (χ2n) is 4.97. The first kappa shape index (κ1) is 9.43. The number of furan rings is 1. The van der Waals surface area contributed by atoms with Gasteiger partial charge in [-0.25, -0.2) is 0 Å². The molecule has 0 aromatic carbocycles. The first-order valence-corrected chi connectivity index (χ1v) is 5.82. The molecule has 0 saturated carbocycles. The van der Waals surface area contributed by atoms with E-state index in [1.54, 1.807) is 6.26 Å². The highest BCUT2D eigenvalue weighted by molar-refractivity contribution is 5.01. The lowest BCUT2D eigenvalue weighted by Gasteiger charge is -2.22. The monoisotopic (exact) mass is 206 g/mol. The summed E-state index contributed by atoms with van der Waals surface area (Å²) in [6, 6.07) is 4.04. The number of rotatable bonds is 2. The summed E-state index contributed by atoms with van der Waals surface area (Å²) in [4.78, 5) is 2.52. The zero-order valence-electron chi connectivity index (χ0n) is 9.04. The first-order chi connectivity index (χ1) is 7.36. The van der Waals surface area contributed by atoms with Crippen molar-refractivity contribution in [2.75, 3.05) is 26.2 Å². The zero-order valence-corrected chi connectivity index (χ0v) is 9.04. The van der Waals surface area contributed by atoms with Crippen molar-refractivity contribution in [2.45, 2.75) is 19.4 Å². The molecule has 1 unspecified atom stereocenters. The summed E-state index contributed by atoms with van der Waals surface area (Å²) in [5.74, 6) is 1.10. The van der Waals surface area contributed by atoms with E-state index in [4.69, 9.17) is 4.42 Å². The Balaban J connectivity index is 1.61. The minimum Gasteiger partial charge on any atom is -0.468 e. The van der Waals surface area contributed by atoms with Gasteiger partial charge in [0.05, 0.1) is 12.8 Å². The van der Waals surface area contributed by atoms with Crippen molar-refractivity contribution < 1.29 is 4.42 Å². The van der Waals surface area contributed by atoms with Crippen LogP contribution in [0.5, 0.6) is 0 Å². The molecule has 0 aliphatic carbocycles. The SMILES string of the molecule is c1coc(CN2CCC3(CCNC3)C2)c1. The van der Waals surface area contributed by atoms with E-state index in [0.29, 0.717) is 5.41 Å². The number of hydrogen-bond donors (Lipinski definition) is 1. The number of likely N-dealkylation sites (tertiary alicyclic amines) is 1. The molecular weight excluding hydrogens is 188 g/mol. The molecule has 3 heterocycles. The van der Waals surface area contributed by atoms with Crippen LogP contribution in [0.3, 0.4) is 0 Å². The third-order valence-electron chi connectivity index (χ3n) is 3.81. The third-order valence-corrected chi connectivity index (χ3v) is 3.81. The number of nitrogens with one attached hydrogen (secondary N) is 1. The summed E-state index contributed by atoms with van der Waals surface area (Å²) >= 11 is 0. The van der Waals surface area contributed by atoms with Crippen molar-refractivity contribution >= 4 is 0 Å². The molecule has 2 aliphatic heterocycles. The van der Waals surface area contributed by atoms with E-state index < -0.39 is 0 Å². The van der Waals surface area contributed by atoms with Gasteiger partial charge in [-0.2, -0.15) is 0 Å². The molecule has 82 valence electrons. The van der Waals surface area contributed by atoms with Crippen molar-refractivity contribution in [2.24, 2.45) is 5.41 Å². The maximum Gasteiger partial charge on any atom is 0.117 e. The summed E-state index contributed by atoms with van der Waals surface area (Å²) in [7, 11) is 0.